The molecule has 7 rings (SSSR count). The van der Waals surface area contributed by atoms with Crippen molar-refractivity contribution in [3.8, 4) is 22.8 Å². The lowest BCUT2D eigenvalue weighted by Gasteiger charge is -2.25. The molecule has 0 aliphatic heterocycles. The van der Waals surface area contributed by atoms with Gasteiger partial charge in [-0.25, -0.2) is 4.79 Å². The van der Waals surface area contributed by atoms with Crippen LogP contribution in [-0.2, 0) is 28.2 Å². The fourth-order valence-electron chi connectivity index (χ4n) is 5.95. The number of pyridine rings is 1. The van der Waals surface area contributed by atoms with Crippen LogP contribution in [0.5, 0.6) is 0 Å². The minimum atomic E-state index is -4.51. The van der Waals surface area contributed by atoms with Gasteiger partial charge in [0.1, 0.15) is 16.7 Å². The Labute approximate surface area is 356 Å². The molecule has 0 fully saturated rings. The van der Waals surface area contributed by atoms with Crippen molar-refractivity contribution in [1.82, 2.24) is 35.9 Å². The van der Waals surface area contributed by atoms with Gasteiger partial charge in [-0.05, 0) is 103 Å². The van der Waals surface area contributed by atoms with E-state index in [-0.39, 0.29) is 47.4 Å². The van der Waals surface area contributed by atoms with Crippen LogP contribution in [0, 0.1) is 0 Å². The molecule has 0 atom stereocenters. The molecule has 7 aromatic rings. The maximum Gasteiger partial charge on any atom is 0.416 e. The van der Waals surface area contributed by atoms with Crippen LogP contribution < -0.4 is 16.1 Å². The predicted molar refractivity (Wildman–Crippen MR) is 221 cm³/mol. The largest absolute Gasteiger partial charge is 0.444 e. The molecule has 3 N–H and O–H groups in total. The van der Waals surface area contributed by atoms with Gasteiger partial charge in [0.05, 0.1) is 16.6 Å². The molecule has 0 spiro atoms. The van der Waals surface area contributed by atoms with E-state index in [1.54, 1.807) is 90.9 Å². The first-order chi connectivity index (χ1) is 28.8. The van der Waals surface area contributed by atoms with Gasteiger partial charge in [0, 0.05) is 33.0 Å². The number of nitrogens with one attached hydrogen (secondary N) is 3. The van der Waals surface area contributed by atoms with Crippen LogP contribution in [0.3, 0.4) is 0 Å². The zero-order chi connectivity index (χ0) is 45.4. The summed E-state index contributed by atoms with van der Waals surface area (Å²) in [5, 5.41) is 13.9. The molecule has 0 saturated carbocycles. The molecule has 3 aromatic heterocycles. The van der Waals surface area contributed by atoms with Crippen molar-refractivity contribution in [1.29, 1.82) is 0 Å². The Balaban J connectivity index is 0.000000247. The molecule has 3 heterocycles. The van der Waals surface area contributed by atoms with E-state index in [2.05, 4.69) is 35.9 Å². The maximum absolute atomic E-state index is 13.0. The lowest BCUT2D eigenvalue weighted by Crippen LogP contribution is -2.44. The number of aromatic nitrogens is 5. The van der Waals surface area contributed by atoms with Gasteiger partial charge in [-0.1, -0.05) is 54.1 Å². The van der Waals surface area contributed by atoms with Crippen molar-refractivity contribution >= 4 is 33.8 Å². The number of aromatic amines is 1. The summed E-state index contributed by atoms with van der Waals surface area (Å²) in [4.78, 5) is 49.2. The molecule has 0 bridgehead atoms. The topological polar surface area (TPSA) is 178 Å². The highest BCUT2D eigenvalue weighted by atomic mass is 19.4. The summed E-state index contributed by atoms with van der Waals surface area (Å²) in [5.41, 5.74) is -2.94. The first kappa shape index (κ1) is 47.0. The van der Waals surface area contributed by atoms with Gasteiger partial charge < -0.3 is 29.4 Å². The third-order valence-electron chi connectivity index (χ3n) is 9.02. The third kappa shape index (κ3) is 11.1. The van der Waals surface area contributed by atoms with E-state index in [0.717, 1.165) is 24.3 Å². The van der Waals surface area contributed by atoms with E-state index >= 15 is 0 Å². The van der Waals surface area contributed by atoms with Crippen molar-refractivity contribution in [2.24, 2.45) is 0 Å². The number of rotatable bonds is 7. The Morgan fingerprint density at radius 2 is 1.11 bits per heavy atom. The Morgan fingerprint density at radius 1 is 0.619 bits per heavy atom. The standard InChI is InChI=1S/C26H19F3N4O3.C17H20F3N3O3.CH4/c1-25(2,24-31-22(33-36-24)14-6-5-7-16(12-14)26(27,28)29)32-23(35)15-10-11-18-20(13-15)30-19-9-4-3-8-17(19)21(18)34;1-15(2,3)25-14(24)22-16(4,5)13-21-12(23-26-13)10-7-6-8-11(9-10)17(18,19)20;/h3-13H,1-2H3,(H,30,34)(H,32,35);6-9H,1-5H3,(H,22,24);1H4. The highest BCUT2D eigenvalue weighted by molar-refractivity contribution is 6.00. The molecule has 0 aliphatic rings. The number of amides is 2. The summed E-state index contributed by atoms with van der Waals surface area (Å²) in [7, 11) is 0. The molecule has 63 heavy (non-hydrogen) atoms. The molecule has 0 aliphatic carbocycles. The number of ether oxygens (including phenoxy) is 1. The van der Waals surface area contributed by atoms with E-state index in [0.29, 0.717) is 27.4 Å². The number of carbonyl (C=O) groups is 2. The number of carbonyl (C=O) groups excluding carboxylic acids is 2. The van der Waals surface area contributed by atoms with Crippen molar-refractivity contribution < 1.29 is 49.7 Å². The van der Waals surface area contributed by atoms with Crippen LogP contribution in [0.1, 0.15) is 89.2 Å². The Kier molecular flexibility index (Phi) is 13.0. The summed E-state index contributed by atoms with van der Waals surface area (Å²) in [6, 6.07) is 21.0. The second-order valence-electron chi connectivity index (χ2n) is 16.1. The first-order valence-corrected chi connectivity index (χ1v) is 18.7. The summed E-state index contributed by atoms with van der Waals surface area (Å²) >= 11 is 0. The SMILES string of the molecule is C.CC(C)(C)OC(=O)NC(C)(C)c1nc(-c2cccc(C(F)(F)F)c2)no1.CC(C)(NC(=O)c1ccc2c(=O)c3ccccc3[nH]c2c1)c1nc(-c2cccc(C(F)(F)F)c2)no1. The molecular weight excluding hydrogens is 837 g/mol. The number of nitrogens with zero attached hydrogens (tertiary/aromatic N) is 4. The van der Waals surface area contributed by atoms with E-state index in [4.69, 9.17) is 13.8 Å². The molecule has 13 nitrogen and oxygen atoms in total. The Hall–Kier alpha value is -7.05. The number of alkyl carbamates (subject to hydrolysis) is 1. The van der Waals surface area contributed by atoms with E-state index in [1.807, 2.05) is 0 Å². The van der Waals surface area contributed by atoms with Crippen LogP contribution in [-0.4, -0.2) is 42.9 Å². The number of hydrogen-bond donors (Lipinski definition) is 3. The summed E-state index contributed by atoms with van der Waals surface area (Å²) in [6.45, 7) is 11.6. The molecule has 0 radical (unpaired) electrons. The van der Waals surface area contributed by atoms with E-state index in [9.17, 15) is 40.7 Å². The quantitative estimate of drug-likeness (QED) is 0.103. The van der Waals surface area contributed by atoms with Crippen molar-refractivity contribution in [3.05, 3.63) is 130 Å². The highest BCUT2D eigenvalue weighted by Gasteiger charge is 2.35. The van der Waals surface area contributed by atoms with Crippen LogP contribution in [0.15, 0.2) is 105 Å². The zero-order valence-electron chi connectivity index (χ0n) is 34.2. The van der Waals surface area contributed by atoms with E-state index in [1.165, 1.54) is 24.3 Å². The van der Waals surface area contributed by atoms with Gasteiger partial charge in [0.25, 0.3) is 17.7 Å². The lowest BCUT2D eigenvalue weighted by atomic mass is 10.0. The fourth-order valence-corrected chi connectivity index (χ4v) is 5.95. The molecule has 332 valence electrons. The number of H-pyrrole nitrogens is 1. The highest BCUT2D eigenvalue weighted by Crippen LogP contribution is 2.34. The number of alkyl halides is 6. The second kappa shape index (κ2) is 17.4. The first-order valence-electron chi connectivity index (χ1n) is 18.7. The minimum Gasteiger partial charge on any atom is -0.444 e. The van der Waals surface area contributed by atoms with Crippen molar-refractivity contribution in [2.75, 3.05) is 0 Å². The average Bonchev–Trinajstić information content (AvgIpc) is 3.89. The molecule has 2 amide bonds. The number of benzene rings is 4. The van der Waals surface area contributed by atoms with Crippen molar-refractivity contribution in [3.63, 3.8) is 0 Å². The maximum atomic E-state index is 13.0. The zero-order valence-corrected chi connectivity index (χ0v) is 34.2. The van der Waals surface area contributed by atoms with Gasteiger partial charge in [-0.3, -0.25) is 9.59 Å². The summed E-state index contributed by atoms with van der Waals surface area (Å²) in [6.07, 6.45) is -9.66. The van der Waals surface area contributed by atoms with Gasteiger partial charge in [-0.15, -0.1) is 0 Å². The van der Waals surface area contributed by atoms with Crippen LogP contribution in [0.4, 0.5) is 31.1 Å². The number of para-hydroxylation sites is 1. The second-order valence-corrected chi connectivity index (χ2v) is 16.1. The number of fused-ring (bicyclic) bond motifs is 2. The van der Waals surface area contributed by atoms with Gasteiger partial charge in [0.2, 0.25) is 11.6 Å². The van der Waals surface area contributed by atoms with Gasteiger partial charge in [-0.2, -0.15) is 36.3 Å². The predicted octanol–water partition coefficient (Wildman–Crippen LogP) is 10.6. The smallest absolute Gasteiger partial charge is 0.416 e. The molecule has 0 saturated heterocycles. The van der Waals surface area contributed by atoms with Crippen LogP contribution in [0.25, 0.3) is 44.6 Å². The van der Waals surface area contributed by atoms with Gasteiger partial charge in [0.15, 0.2) is 5.43 Å². The molecule has 0 unspecified atom stereocenters. The average molecular weight is 880 g/mol. The van der Waals surface area contributed by atoms with E-state index < -0.39 is 52.2 Å². The molecular formula is C44H43F6N7O6. The Bertz CT molecular complexity index is 2840. The Morgan fingerprint density at radius 3 is 1.62 bits per heavy atom. The van der Waals surface area contributed by atoms with Gasteiger partial charge >= 0.3 is 18.4 Å². The molecule has 19 heteroatoms. The number of halogens is 6. The normalized spacial score (nSPS) is 12.3. The number of hydrogen-bond acceptors (Lipinski definition) is 10. The van der Waals surface area contributed by atoms with Crippen LogP contribution >= 0.6 is 0 Å². The summed E-state index contributed by atoms with van der Waals surface area (Å²) < 4.78 is 93.2. The molecule has 4 aromatic carbocycles. The monoisotopic (exact) mass is 879 g/mol. The fraction of sp³-hybridized carbons (Fsp3) is 0.295. The third-order valence-corrected chi connectivity index (χ3v) is 9.02. The van der Waals surface area contributed by atoms with Crippen LogP contribution in [0.2, 0.25) is 0 Å². The lowest BCUT2D eigenvalue weighted by molar-refractivity contribution is -0.138. The van der Waals surface area contributed by atoms with Crippen molar-refractivity contribution in [2.45, 2.75) is 84.9 Å². The minimum absolute atomic E-state index is 0. The summed E-state index contributed by atoms with van der Waals surface area (Å²) in [5.74, 6) is -0.451.